The molecule has 1 aromatic carbocycles. The number of aliphatic hydroxyl groups is 1. The first-order valence-corrected chi connectivity index (χ1v) is 9.61. The van der Waals surface area contributed by atoms with Crippen molar-refractivity contribution in [3.63, 3.8) is 0 Å². The fraction of sp³-hybridized carbons (Fsp3) is 0.300. The zero-order valence-electron chi connectivity index (χ0n) is 16.2. The Morgan fingerprint density at radius 2 is 2.00 bits per heavy atom. The van der Waals surface area contributed by atoms with Gasteiger partial charge in [0.25, 0.3) is 0 Å². The summed E-state index contributed by atoms with van der Waals surface area (Å²) in [5.41, 5.74) is 7.25. The van der Waals surface area contributed by atoms with Gasteiger partial charge in [-0.2, -0.15) is 5.10 Å². The summed E-state index contributed by atoms with van der Waals surface area (Å²) in [6, 6.07) is 4.34. The lowest BCUT2D eigenvalue weighted by molar-refractivity contribution is 0.152. The first kappa shape index (κ1) is 21.4. The minimum atomic E-state index is -0.666. The second-order valence-electron chi connectivity index (χ2n) is 7.27. The number of pyridine rings is 1. The summed E-state index contributed by atoms with van der Waals surface area (Å²) in [5.74, 6) is -0.104. The van der Waals surface area contributed by atoms with Crippen LogP contribution in [0.3, 0.4) is 0 Å². The van der Waals surface area contributed by atoms with Crippen LogP contribution in [0.1, 0.15) is 32.4 Å². The van der Waals surface area contributed by atoms with Crippen molar-refractivity contribution in [1.82, 2.24) is 14.8 Å². The van der Waals surface area contributed by atoms with E-state index in [-0.39, 0.29) is 17.4 Å². The lowest BCUT2D eigenvalue weighted by Crippen LogP contribution is -2.30. The summed E-state index contributed by atoms with van der Waals surface area (Å²) < 4.78 is 21.4. The molecule has 0 saturated carbocycles. The monoisotopic (exact) mass is 438 g/mol. The summed E-state index contributed by atoms with van der Waals surface area (Å²) >= 11 is 12.2. The third-order valence-electron chi connectivity index (χ3n) is 4.59. The molecule has 3 rings (SSSR count). The number of hydrogen-bond acceptors (Lipinski definition) is 5. The lowest BCUT2D eigenvalue weighted by atomic mass is 10.1. The molecule has 0 aliphatic heterocycles. The van der Waals surface area contributed by atoms with Gasteiger partial charge in [0.05, 0.1) is 23.4 Å². The molecule has 2 aromatic heterocycles. The molecule has 0 aliphatic carbocycles. The number of nitrogens with zero attached hydrogens (tertiary/aromatic N) is 3. The smallest absolute Gasteiger partial charge is 0.166 e. The standard InChI is InChI=1S/C20H21Cl2FN4O2/c1-11(17-14(21)4-5-15(23)18(17)22)29-16-6-12(7-25-19(16)24)13-8-26-27(9-13)20(2,3)10-28/h4-9,11,28H,10H2,1-3H3,(H2,24,25). The van der Waals surface area contributed by atoms with Gasteiger partial charge in [-0.05, 0) is 39.0 Å². The molecular weight excluding hydrogens is 418 g/mol. The number of nitrogens with two attached hydrogens (primary N) is 1. The van der Waals surface area contributed by atoms with Crippen LogP contribution < -0.4 is 10.5 Å². The SMILES string of the molecule is CC(Oc1cc(-c2cnn(C(C)(C)CO)c2)cnc1N)c1c(Cl)ccc(F)c1Cl. The Bertz CT molecular complexity index is 1040. The Hall–Kier alpha value is -2.35. The number of ether oxygens (including phenoxy) is 1. The third kappa shape index (κ3) is 4.32. The van der Waals surface area contributed by atoms with Crippen LogP contribution in [0, 0.1) is 5.82 Å². The molecule has 29 heavy (non-hydrogen) atoms. The Morgan fingerprint density at radius 3 is 2.69 bits per heavy atom. The minimum Gasteiger partial charge on any atom is -0.482 e. The Labute approximate surface area is 178 Å². The van der Waals surface area contributed by atoms with E-state index in [1.165, 1.54) is 12.1 Å². The molecule has 0 radical (unpaired) electrons. The van der Waals surface area contributed by atoms with Crippen LogP contribution >= 0.6 is 23.2 Å². The van der Waals surface area contributed by atoms with E-state index in [0.717, 1.165) is 11.1 Å². The molecule has 1 atom stereocenters. The number of hydrogen-bond donors (Lipinski definition) is 2. The highest BCUT2D eigenvalue weighted by Gasteiger charge is 2.22. The topological polar surface area (TPSA) is 86.2 Å². The average Bonchev–Trinajstić information content (AvgIpc) is 3.18. The van der Waals surface area contributed by atoms with Crippen LogP contribution in [0.2, 0.25) is 10.0 Å². The van der Waals surface area contributed by atoms with E-state index in [1.807, 2.05) is 13.8 Å². The molecule has 2 heterocycles. The van der Waals surface area contributed by atoms with Crippen LogP contribution in [0.5, 0.6) is 5.75 Å². The zero-order chi connectivity index (χ0) is 21.3. The van der Waals surface area contributed by atoms with E-state index in [2.05, 4.69) is 10.1 Å². The molecule has 0 fully saturated rings. The van der Waals surface area contributed by atoms with Gasteiger partial charge in [0, 0.05) is 34.1 Å². The van der Waals surface area contributed by atoms with E-state index in [9.17, 15) is 9.50 Å². The van der Waals surface area contributed by atoms with Gasteiger partial charge < -0.3 is 15.6 Å². The van der Waals surface area contributed by atoms with E-state index in [0.29, 0.717) is 16.3 Å². The number of aromatic nitrogens is 3. The summed E-state index contributed by atoms with van der Waals surface area (Å²) in [4.78, 5) is 4.18. The van der Waals surface area contributed by atoms with Gasteiger partial charge in [-0.3, -0.25) is 4.68 Å². The van der Waals surface area contributed by atoms with Crippen molar-refractivity contribution in [2.45, 2.75) is 32.4 Å². The van der Waals surface area contributed by atoms with Gasteiger partial charge >= 0.3 is 0 Å². The molecule has 9 heteroatoms. The van der Waals surface area contributed by atoms with Crippen LogP contribution in [0.4, 0.5) is 10.2 Å². The predicted octanol–water partition coefficient (Wildman–Crippen LogP) is 4.84. The number of nitrogen functional groups attached to an aromatic ring is 1. The van der Waals surface area contributed by atoms with Crippen molar-refractivity contribution in [3.8, 4) is 16.9 Å². The van der Waals surface area contributed by atoms with E-state index < -0.39 is 17.5 Å². The highest BCUT2D eigenvalue weighted by molar-refractivity contribution is 6.36. The zero-order valence-corrected chi connectivity index (χ0v) is 17.7. The fourth-order valence-corrected chi connectivity index (χ4v) is 3.43. The van der Waals surface area contributed by atoms with Crippen LogP contribution in [-0.2, 0) is 5.54 Å². The number of rotatable bonds is 6. The van der Waals surface area contributed by atoms with Crippen LogP contribution in [0.25, 0.3) is 11.1 Å². The molecule has 0 aliphatic rings. The van der Waals surface area contributed by atoms with Crippen LogP contribution in [-0.4, -0.2) is 26.5 Å². The molecule has 3 aromatic rings. The van der Waals surface area contributed by atoms with Crippen molar-refractivity contribution in [2.24, 2.45) is 0 Å². The van der Waals surface area contributed by atoms with E-state index in [1.54, 1.807) is 36.3 Å². The van der Waals surface area contributed by atoms with E-state index in [4.69, 9.17) is 33.7 Å². The fourth-order valence-electron chi connectivity index (χ4n) is 2.75. The predicted molar refractivity (Wildman–Crippen MR) is 112 cm³/mol. The molecule has 1 unspecified atom stereocenters. The summed E-state index contributed by atoms with van der Waals surface area (Å²) in [6.07, 6.45) is 4.40. The largest absolute Gasteiger partial charge is 0.482 e. The highest BCUT2D eigenvalue weighted by atomic mass is 35.5. The average molecular weight is 439 g/mol. The Morgan fingerprint density at radius 1 is 1.28 bits per heavy atom. The maximum atomic E-state index is 13.8. The molecule has 6 nitrogen and oxygen atoms in total. The Balaban J connectivity index is 1.92. The third-order valence-corrected chi connectivity index (χ3v) is 5.31. The second kappa shape index (κ2) is 8.18. The van der Waals surface area contributed by atoms with Gasteiger partial charge in [-0.15, -0.1) is 0 Å². The number of aliphatic hydroxyl groups excluding tert-OH is 1. The summed E-state index contributed by atoms with van der Waals surface area (Å²) in [7, 11) is 0. The van der Waals surface area contributed by atoms with Gasteiger partial charge in [0.15, 0.2) is 11.6 Å². The second-order valence-corrected chi connectivity index (χ2v) is 8.05. The first-order chi connectivity index (χ1) is 13.6. The van der Waals surface area contributed by atoms with Crippen molar-refractivity contribution >= 4 is 29.0 Å². The molecule has 3 N–H and O–H groups in total. The quantitative estimate of drug-likeness (QED) is 0.537. The molecule has 0 bridgehead atoms. The molecular formula is C20H21Cl2FN4O2. The van der Waals surface area contributed by atoms with Gasteiger partial charge in [-0.25, -0.2) is 9.37 Å². The maximum Gasteiger partial charge on any atom is 0.166 e. The van der Waals surface area contributed by atoms with Crippen molar-refractivity contribution < 1.29 is 14.2 Å². The van der Waals surface area contributed by atoms with Gasteiger partial charge in [0.1, 0.15) is 11.9 Å². The molecule has 0 spiro atoms. The van der Waals surface area contributed by atoms with Crippen molar-refractivity contribution in [2.75, 3.05) is 12.3 Å². The number of anilines is 1. The molecule has 154 valence electrons. The highest BCUT2D eigenvalue weighted by Crippen LogP contribution is 2.37. The van der Waals surface area contributed by atoms with Crippen LogP contribution in [0.15, 0.2) is 36.8 Å². The number of halogens is 3. The van der Waals surface area contributed by atoms with Gasteiger partial charge in [-0.1, -0.05) is 23.2 Å². The molecule has 0 saturated heterocycles. The van der Waals surface area contributed by atoms with E-state index >= 15 is 0 Å². The van der Waals surface area contributed by atoms with Crippen molar-refractivity contribution in [1.29, 1.82) is 0 Å². The number of benzene rings is 1. The lowest BCUT2D eigenvalue weighted by Gasteiger charge is -2.22. The van der Waals surface area contributed by atoms with Crippen molar-refractivity contribution in [3.05, 3.63) is 58.2 Å². The summed E-state index contributed by atoms with van der Waals surface area (Å²) in [6.45, 7) is 5.37. The molecule has 0 amide bonds. The Kier molecular flexibility index (Phi) is 6.03. The van der Waals surface area contributed by atoms with Gasteiger partial charge in [0.2, 0.25) is 0 Å². The maximum absolute atomic E-state index is 13.8. The minimum absolute atomic E-state index is 0.0604. The normalized spacial score (nSPS) is 12.8. The summed E-state index contributed by atoms with van der Waals surface area (Å²) in [5, 5.41) is 14.0. The first-order valence-electron chi connectivity index (χ1n) is 8.86.